The van der Waals surface area contributed by atoms with Crippen molar-refractivity contribution in [1.82, 2.24) is 5.32 Å². The average molecular weight is 263 g/mol. The first-order valence-electron chi connectivity index (χ1n) is 6.31. The minimum absolute atomic E-state index is 0.0402. The second-order valence-corrected chi connectivity index (χ2v) is 4.50. The second-order valence-electron chi connectivity index (χ2n) is 4.50. The highest BCUT2D eigenvalue weighted by molar-refractivity contribution is 5.92. The van der Waals surface area contributed by atoms with Gasteiger partial charge in [-0.3, -0.25) is 4.79 Å². The number of methoxy groups -OCH3 is 1. The van der Waals surface area contributed by atoms with Gasteiger partial charge in [0.15, 0.2) is 0 Å². The van der Waals surface area contributed by atoms with Gasteiger partial charge in [-0.1, -0.05) is 11.6 Å². The van der Waals surface area contributed by atoms with Crippen molar-refractivity contribution in [1.29, 1.82) is 0 Å². The first-order chi connectivity index (χ1) is 9.06. The predicted molar refractivity (Wildman–Crippen MR) is 76.1 cm³/mol. The fourth-order valence-corrected chi connectivity index (χ4v) is 1.71. The average Bonchev–Trinajstić information content (AvgIpc) is 2.36. The van der Waals surface area contributed by atoms with E-state index in [1.165, 1.54) is 6.08 Å². The highest BCUT2D eigenvalue weighted by Gasteiger charge is 2.04. The predicted octanol–water partition coefficient (Wildman–Crippen LogP) is 1.90. The molecule has 0 radical (unpaired) electrons. The molecule has 0 aromatic heterocycles. The summed E-state index contributed by atoms with van der Waals surface area (Å²) in [5.74, 6) is 0.558. The number of carbonyl (C=O) groups excluding carboxylic acids is 1. The molecule has 1 rings (SSSR count). The fourth-order valence-electron chi connectivity index (χ4n) is 1.71. The molecule has 0 aliphatic carbocycles. The lowest BCUT2D eigenvalue weighted by molar-refractivity contribution is -0.117. The van der Waals surface area contributed by atoms with E-state index < -0.39 is 0 Å². The molecule has 4 heteroatoms. The van der Waals surface area contributed by atoms with Crippen molar-refractivity contribution in [3.05, 3.63) is 35.4 Å². The van der Waals surface area contributed by atoms with Crippen LogP contribution >= 0.6 is 0 Å². The minimum Gasteiger partial charge on any atom is -0.496 e. The van der Waals surface area contributed by atoms with Gasteiger partial charge < -0.3 is 15.2 Å². The van der Waals surface area contributed by atoms with Gasteiger partial charge in [-0.15, -0.1) is 0 Å². The number of aliphatic hydroxyl groups is 1. The number of aliphatic hydroxyl groups excluding tert-OH is 1. The molecule has 1 amide bonds. The van der Waals surface area contributed by atoms with Gasteiger partial charge in [0, 0.05) is 24.3 Å². The van der Waals surface area contributed by atoms with Crippen LogP contribution in [0, 0.1) is 6.92 Å². The Bertz CT molecular complexity index is 455. The molecule has 104 valence electrons. The molecule has 1 unspecified atom stereocenters. The summed E-state index contributed by atoms with van der Waals surface area (Å²) in [4.78, 5) is 11.7. The normalized spacial score (nSPS) is 12.4. The van der Waals surface area contributed by atoms with Gasteiger partial charge in [0.1, 0.15) is 5.75 Å². The molecule has 19 heavy (non-hydrogen) atoms. The number of carbonyl (C=O) groups is 1. The molecule has 0 saturated heterocycles. The third kappa shape index (κ3) is 5.14. The maximum Gasteiger partial charge on any atom is 0.244 e. The van der Waals surface area contributed by atoms with Crippen LogP contribution in [0.3, 0.4) is 0 Å². The Morgan fingerprint density at radius 2 is 2.26 bits per heavy atom. The zero-order valence-electron chi connectivity index (χ0n) is 11.6. The molecule has 0 heterocycles. The molecule has 0 saturated carbocycles. The van der Waals surface area contributed by atoms with Crippen molar-refractivity contribution >= 4 is 12.0 Å². The van der Waals surface area contributed by atoms with Crippen LogP contribution in [-0.2, 0) is 4.79 Å². The van der Waals surface area contributed by atoms with Crippen LogP contribution in [0.4, 0.5) is 0 Å². The number of rotatable bonds is 6. The maximum atomic E-state index is 11.7. The van der Waals surface area contributed by atoms with E-state index in [-0.39, 0.29) is 18.6 Å². The number of amides is 1. The van der Waals surface area contributed by atoms with E-state index in [1.807, 2.05) is 32.0 Å². The first kappa shape index (κ1) is 15.2. The summed E-state index contributed by atoms with van der Waals surface area (Å²) in [6.45, 7) is 3.91. The van der Waals surface area contributed by atoms with Crippen LogP contribution in [0.25, 0.3) is 6.08 Å². The van der Waals surface area contributed by atoms with Crippen molar-refractivity contribution < 1.29 is 14.6 Å². The third-order valence-electron chi connectivity index (χ3n) is 2.75. The Balaban J connectivity index is 2.70. The number of hydrogen-bond acceptors (Lipinski definition) is 3. The molecule has 0 aliphatic rings. The highest BCUT2D eigenvalue weighted by Crippen LogP contribution is 2.20. The van der Waals surface area contributed by atoms with E-state index >= 15 is 0 Å². The number of benzene rings is 1. The summed E-state index contributed by atoms with van der Waals surface area (Å²) in [5, 5.41) is 11.5. The molecule has 1 aromatic rings. The van der Waals surface area contributed by atoms with Crippen LogP contribution < -0.4 is 10.1 Å². The second kappa shape index (κ2) is 7.59. The largest absolute Gasteiger partial charge is 0.496 e. The molecule has 0 fully saturated rings. The smallest absolute Gasteiger partial charge is 0.244 e. The Morgan fingerprint density at radius 3 is 2.89 bits per heavy atom. The van der Waals surface area contributed by atoms with E-state index in [4.69, 9.17) is 9.84 Å². The Labute approximate surface area is 114 Å². The molecule has 0 aliphatic heterocycles. The molecule has 2 N–H and O–H groups in total. The van der Waals surface area contributed by atoms with Gasteiger partial charge in [0.05, 0.1) is 7.11 Å². The zero-order chi connectivity index (χ0) is 14.3. The summed E-state index contributed by atoms with van der Waals surface area (Å²) in [6, 6.07) is 5.75. The van der Waals surface area contributed by atoms with Gasteiger partial charge in [-0.05, 0) is 38.5 Å². The van der Waals surface area contributed by atoms with Gasteiger partial charge >= 0.3 is 0 Å². The van der Waals surface area contributed by atoms with E-state index in [9.17, 15) is 4.79 Å². The Hall–Kier alpha value is -1.81. The van der Waals surface area contributed by atoms with Crippen molar-refractivity contribution in [3.8, 4) is 5.75 Å². The topological polar surface area (TPSA) is 58.6 Å². The molecule has 0 spiro atoms. The number of aryl methyl sites for hydroxylation is 1. The van der Waals surface area contributed by atoms with Crippen molar-refractivity contribution in [2.24, 2.45) is 0 Å². The number of hydrogen-bond donors (Lipinski definition) is 2. The number of ether oxygens (including phenoxy) is 1. The van der Waals surface area contributed by atoms with Crippen molar-refractivity contribution in [2.75, 3.05) is 13.7 Å². The lowest BCUT2D eigenvalue weighted by Gasteiger charge is -2.10. The van der Waals surface area contributed by atoms with Crippen molar-refractivity contribution in [2.45, 2.75) is 26.3 Å². The van der Waals surface area contributed by atoms with Crippen LogP contribution in [-0.4, -0.2) is 30.8 Å². The van der Waals surface area contributed by atoms with Crippen LogP contribution in [0.5, 0.6) is 5.75 Å². The molecular formula is C15H21NO3. The minimum atomic E-state index is -0.176. The quantitative estimate of drug-likeness (QED) is 0.771. The van der Waals surface area contributed by atoms with Crippen molar-refractivity contribution in [3.63, 3.8) is 0 Å². The Morgan fingerprint density at radius 1 is 1.53 bits per heavy atom. The van der Waals surface area contributed by atoms with Crippen LogP contribution in [0.15, 0.2) is 24.3 Å². The van der Waals surface area contributed by atoms with Gasteiger partial charge in [0.25, 0.3) is 0 Å². The number of nitrogens with one attached hydrogen (secondary N) is 1. The maximum absolute atomic E-state index is 11.7. The van der Waals surface area contributed by atoms with Gasteiger partial charge in [-0.2, -0.15) is 0 Å². The standard InChI is InChI=1S/C15H21NO3/c1-11-4-6-14(19-3)13(10-11)5-7-15(18)16-12(2)8-9-17/h4-7,10,12,17H,8-9H2,1-3H3,(H,16,18)/b7-5+. The van der Waals surface area contributed by atoms with E-state index in [1.54, 1.807) is 13.2 Å². The summed E-state index contributed by atoms with van der Waals surface area (Å²) >= 11 is 0. The lowest BCUT2D eigenvalue weighted by Crippen LogP contribution is -2.31. The van der Waals surface area contributed by atoms with Crippen LogP contribution in [0.1, 0.15) is 24.5 Å². The first-order valence-corrected chi connectivity index (χ1v) is 6.31. The summed E-state index contributed by atoms with van der Waals surface area (Å²) in [7, 11) is 1.60. The molecule has 1 atom stereocenters. The monoisotopic (exact) mass is 263 g/mol. The van der Waals surface area contributed by atoms with E-state index in [0.717, 1.165) is 16.9 Å². The molecule has 4 nitrogen and oxygen atoms in total. The third-order valence-corrected chi connectivity index (χ3v) is 2.75. The summed E-state index contributed by atoms with van der Waals surface area (Å²) < 4.78 is 5.24. The van der Waals surface area contributed by atoms with Crippen LogP contribution in [0.2, 0.25) is 0 Å². The molecule has 1 aromatic carbocycles. The summed E-state index contributed by atoms with van der Waals surface area (Å²) in [6.07, 6.45) is 3.76. The fraction of sp³-hybridized carbons (Fsp3) is 0.400. The highest BCUT2D eigenvalue weighted by atomic mass is 16.5. The zero-order valence-corrected chi connectivity index (χ0v) is 11.6. The van der Waals surface area contributed by atoms with Gasteiger partial charge in [-0.25, -0.2) is 0 Å². The summed E-state index contributed by atoms with van der Waals surface area (Å²) in [5.41, 5.74) is 1.97. The van der Waals surface area contributed by atoms with E-state index in [2.05, 4.69) is 5.32 Å². The molecule has 0 bridgehead atoms. The molecular weight excluding hydrogens is 242 g/mol. The SMILES string of the molecule is COc1ccc(C)cc1/C=C/C(=O)NC(C)CCO. The Kier molecular flexibility index (Phi) is 6.09. The van der Waals surface area contributed by atoms with E-state index in [0.29, 0.717) is 6.42 Å². The lowest BCUT2D eigenvalue weighted by atomic mass is 10.1. The van der Waals surface area contributed by atoms with Gasteiger partial charge in [0.2, 0.25) is 5.91 Å².